The molecule has 6 heteroatoms. The summed E-state index contributed by atoms with van der Waals surface area (Å²) in [7, 11) is 0. The van der Waals surface area contributed by atoms with E-state index in [1.165, 1.54) is 0 Å². The summed E-state index contributed by atoms with van der Waals surface area (Å²) in [5.74, 6) is -0.199. The highest BCUT2D eigenvalue weighted by atomic mass is 35.5. The van der Waals surface area contributed by atoms with Crippen LogP contribution in [0.1, 0.15) is 56.8 Å². The first-order valence-corrected chi connectivity index (χ1v) is 12.3. The first-order valence-electron chi connectivity index (χ1n) is 12.0. The summed E-state index contributed by atoms with van der Waals surface area (Å²) in [6.45, 7) is 5.21. The van der Waals surface area contributed by atoms with Gasteiger partial charge in [0.25, 0.3) is 5.91 Å². The van der Waals surface area contributed by atoms with E-state index in [4.69, 9.17) is 11.6 Å². The fourth-order valence-electron chi connectivity index (χ4n) is 4.25. The Balaban J connectivity index is 1.60. The molecule has 1 atom stereocenters. The number of nitrogens with one attached hydrogen (secondary N) is 3. The van der Waals surface area contributed by atoms with Crippen molar-refractivity contribution in [1.82, 2.24) is 15.6 Å². The molecule has 0 saturated carbocycles. The molecule has 0 unspecified atom stereocenters. The van der Waals surface area contributed by atoms with Gasteiger partial charge in [-0.3, -0.25) is 9.59 Å². The Hall–Kier alpha value is -3.41. The number of Topliss-reactive ketones (excluding diaryl/α,β-unsaturated/α-hetero) is 1. The van der Waals surface area contributed by atoms with Crippen molar-refractivity contribution in [2.24, 2.45) is 0 Å². The first kappa shape index (κ1) is 24.7. The summed E-state index contributed by atoms with van der Waals surface area (Å²) in [5.41, 5.74) is 4.81. The quantitative estimate of drug-likeness (QED) is 0.239. The Morgan fingerprint density at radius 2 is 1.77 bits per heavy atom. The first-order chi connectivity index (χ1) is 17.0. The highest BCUT2D eigenvalue weighted by Crippen LogP contribution is 2.27. The molecule has 3 N–H and O–H groups in total. The molecule has 0 radical (unpaired) electrons. The van der Waals surface area contributed by atoms with Crippen molar-refractivity contribution < 1.29 is 9.59 Å². The Morgan fingerprint density at radius 1 is 0.971 bits per heavy atom. The van der Waals surface area contributed by atoms with Crippen molar-refractivity contribution in [1.29, 1.82) is 0 Å². The molecule has 3 aromatic carbocycles. The summed E-state index contributed by atoms with van der Waals surface area (Å²) < 4.78 is 0. The maximum atomic E-state index is 13.8. The highest BCUT2D eigenvalue weighted by molar-refractivity contribution is 6.31. The lowest BCUT2D eigenvalue weighted by Crippen LogP contribution is -2.30. The second kappa shape index (κ2) is 11.3. The van der Waals surface area contributed by atoms with E-state index in [9.17, 15) is 9.59 Å². The lowest BCUT2D eigenvalue weighted by molar-refractivity contribution is 0.0940. The zero-order valence-corrected chi connectivity index (χ0v) is 20.8. The van der Waals surface area contributed by atoms with E-state index in [1.807, 2.05) is 74.5 Å². The molecule has 0 fully saturated rings. The van der Waals surface area contributed by atoms with Gasteiger partial charge in [-0.25, -0.2) is 0 Å². The van der Waals surface area contributed by atoms with Crippen LogP contribution in [0.15, 0.2) is 72.9 Å². The van der Waals surface area contributed by atoms with Crippen molar-refractivity contribution in [2.75, 3.05) is 13.1 Å². The average molecular weight is 488 g/mol. The number of aromatic amines is 1. The number of halogens is 1. The van der Waals surface area contributed by atoms with Gasteiger partial charge < -0.3 is 15.6 Å². The van der Waals surface area contributed by atoms with E-state index in [-0.39, 0.29) is 11.7 Å². The number of fused-ring (bicyclic) bond motifs is 1. The third-order valence-corrected chi connectivity index (χ3v) is 6.46. The van der Waals surface area contributed by atoms with E-state index in [0.29, 0.717) is 36.2 Å². The number of carbonyl (C=O) groups excluding carboxylic acids is 2. The van der Waals surface area contributed by atoms with E-state index >= 15 is 0 Å². The van der Waals surface area contributed by atoms with Crippen LogP contribution < -0.4 is 10.6 Å². The predicted octanol–water partition coefficient (Wildman–Crippen LogP) is 6.03. The molecule has 1 amide bonds. The molecule has 0 bridgehead atoms. The number of hydrogen-bond donors (Lipinski definition) is 3. The summed E-state index contributed by atoms with van der Waals surface area (Å²) in [6, 6.07) is 20.7. The van der Waals surface area contributed by atoms with Gasteiger partial charge in [0.1, 0.15) is 0 Å². The normalized spacial score (nSPS) is 12.0. The number of benzene rings is 3. The van der Waals surface area contributed by atoms with Crippen LogP contribution in [0.25, 0.3) is 10.9 Å². The van der Waals surface area contributed by atoms with Crippen LogP contribution >= 0.6 is 11.6 Å². The number of rotatable bonds is 10. The zero-order valence-electron chi connectivity index (χ0n) is 20.0. The third-order valence-electron chi connectivity index (χ3n) is 6.11. The highest BCUT2D eigenvalue weighted by Gasteiger charge is 2.25. The molecule has 5 nitrogen and oxygen atoms in total. The number of amides is 1. The van der Waals surface area contributed by atoms with Crippen LogP contribution in [0.4, 0.5) is 0 Å². The van der Waals surface area contributed by atoms with Crippen molar-refractivity contribution in [3.63, 3.8) is 0 Å². The fourth-order valence-corrected chi connectivity index (χ4v) is 4.58. The maximum Gasteiger partial charge on any atom is 0.253 e. The van der Waals surface area contributed by atoms with Gasteiger partial charge in [-0.15, -0.1) is 0 Å². The third kappa shape index (κ3) is 5.64. The molecule has 1 aromatic heterocycles. The number of aromatic nitrogens is 1. The second-order valence-electron chi connectivity index (χ2n) is 8.69. The number of ketones is 1. The van der Waals surface area contributed by atoms with E-state index < -0.39 is 6.04 Å². The lowest BCUT2D eigenvalue weighted by Gasteiger charge is -2.18. The number of aryl methyl sites for hydroxylation is 1. The number of para-hydroxylation sites is 1. The van der Waals surface area contributed by atoms with Crippen LogP contribution in [-0.4, -0.2) is 29.8 Å². The zero-order chi connectivity index (χ0) is 24.8. The van der Waals surface area contributed by atoms with Gasteiger partial charge in [0.05, 0.1) is 17.1 Å². The summed E-state index contributed by atoms with van der Waals surface area (Å²) in [5, 5.41) is 7.83. The predicted molar refractivity (Wildman–Crippen MR) is 142 cm³/mol. The summed E-state index contributed by atoms with van der Waals surface area (Å²) in [6.07, 6.45) is 3.26. The molecule has 0 aliphatic carbocycles. The molecule has 35 heavy (non-hydrogen) atoms. The van der Waals surface area contributed by atoms with Crippen LogP contribution in [0.2, 0.25) is 5.02 Å². The Bertz CT molecular complexity index is 1330. The van der Waals surface area contributed by atoms with Gasteiger partial charge in [-0.2, -0.15) is 0 Å². The molecular formula is C29H30ClN3O2. The fraction of sp³-hybridized carbons (Fsp3) is 0.241. The van der Waals surface area contributed by atoms with Crippen LogP contribution in [0.5, 0.6) is 0 Å². The molecule has 4 aromatic rings. The van der Waals surface area contributed by atoms with Gasteiger partial charge in [0.2, 0.25) is 0 Å². The average Bonchev–Trinajstić information content (AvgIpc) is 3.31. The Kier molecular flexibility index (Phi) is 8.01. The van der Waals surface area contributed by atoms with Gasteiger partial charge >= 0.3 is 0 Å². The molecule has 180 valence electrons. The molecular weight excluding hydrogens is 458 g/mol. The summed E-state index contributed by atoms with van der Waals surface area (Å²) >= 11 is 6.41. The molecule has 1 heterocycles. The van der Waals surface area contributed by atoms with E-state index in [0.717, 1.165) is 33.5 Å². The summed E-state index contributed by atoms with van der Waals surface area (Å²) in [4.78, 5) is 29.6. The molecule has 0 aliphatic heterocycles. The maximum absolute atomic E-state index is 13.8. The molecule has 0 saturated heterocycles. The van der Waals surface area contributed by atoms with E-state index in [2.05, 4.69) is 15.6 Å². The topological polar surface area (TPSA) is 74.0 Å². The smallest absolute Gasteiger partial charge is 0.253 e. The monoisotopic (exact) mass is 487 g/mol. The minimum absolute atomic E-state index is 0.0523. The molecule has 4 rings (SSSR count). The minimum Gasteiger partial charge on any atom is -0.360 e. The van der Waals surface area contributed by atoms with Gasteiger partial charge in [-0.1, -0.05) is 73.1 Å². The molecule has 0 spiro atoms. The second-order valence-corrected chi connectivity index (χ2v) is 9.10. The molecule has 0 aliphatic rings. The number of hydrogen-bond acceptors (Lipinski definition) is 3. The van der Waals surface area contributed by atoms with Crippen LogP contribution in [0, 0.1) is 6.92 Å². The largest absolute Gasteiger partial charge is 0.360 e. The van der Waals surface area contributed by atoms with Crippen molar-refractivity contribution in [3.05, 3.63) is 106 Å². The standard InChI is InChI=1S/C29H30ClN3O2/c1-3-15-32-29(35)23-11-7-10-22-24(18-33-27(22)23)28(34)26(21-8-5-4-6-9-21)31-16-14-20-13-12-19(2)17-25(20)30/h4-13,17-18,26,31,33H,3,14-16H2,1-2H3,(H,32,35)/t26-/m1/s1. The van der Waals surface area contributed by atoms with Crippen molar-refractivity contribution in [2.45, 2.75) is 32.7 Å². The lowest BCUT2D eigenvalue weighted by atomic mass is 9.96. The van der Waals surface area contributed by atoms with Crippen LogP contribution in [0.3, 0.4) is 0 Å². The SMILES string of the molecule is CCCNC(=O)c1cccc2c(C(=O)[C@H](NCCc3ccc(C)cc3Cl)c3ccccc3)c[nH]c12. The van der Waals surface area contributed by atoms with E-state index in [1.54, 1.807) is 12.3 Å². The van der Waals surface area contributed by atoms with Crippen molar-refractivity contribution >= 4 is 34.2 Å². The minimum atomic E-state index is -0.531. The van der Waals surface area contributed by atoms with Crippen molar-refractivity contribution in [3.8, 4) is 0 Å². The Morgan fingerprint density at radius 3 is 2.51 bits per heavy atom. The van der Waals surface area contributed by atoms with Gasteiger partial charge in [0.15, 0.2) is 5.78 Å². The number of carbonyl (C=O) groups is 2. The van der Waals surface area contributed by atoms with Gasteiger partial charge in [-0.05, 0) is 48.6 Å². The van der Waals surface area contributed by atoms with Gasteiger partial charge in [0, 0.05) is 35.3 Å². The van der Waals surface area contributed by atoms with Crippen LogP contribution in [-0.2, 0) is 6.42 Å². The number of H-pyrrole nitrogens is 1. The Labute approximate surface area is 210 Å².